The van der Waals surface area contributed by atoms with E-state index in [0.717, 1.165) is 38.5 Å². The molecule has 2 aliphatic rings. The number of ether oxygens (including phenoxy) is 1. The van der Waals surface area contributed by atoms with E-state index in [-0.39, 0.29) is 36.2 Å². The lowest BCUT2D eigenvalue weighted by Crippen LogP contribution is -2.37. The number of anilines is 1. The number of benzene rings is 2. The molecule has 258 valence electrons. The number of aliphatic hydroxyl groups is 1. The molecular formula is C34H35F4N7O3S. The molecule has 1 unspecified atom stereocenters. The van der Waals surface area contributed by atoms with Crippen molar-refractivity contribution in [1.29, 1.82) is 0 Å². The Morgan fingerprint density at radius 3 is 2.65 bits per heavy atom. The Bertz CT molecular complexity index is 1930. The minimum atomic E-state index is -4.72. The van der Waals surface area contributed by atoms with Crippen molar-refractivity contribution in [3.05, 3.63) is 76.9 Å². The highest BCUT2D eigenvalue weighted by molar-refractivity contribution is 7.13. The summed E-state index contributed by atoms with van der Waals surface area (Å²) >= 11 is 1.19. The van der Waals surface area contributed by atoms with Gasteiger partial charge in [0.15, 0.2) is 11.2 Å². The Morgan fingerprint density at radius 2 is 1.96 bits per heavy atom. The quantitative estimate of drug-likeness (QED) is 0.175. The molecule has 2 N–H and O–H groups in total. The summed E-state index contributed by atoms with van der Waals surface area (Å²) in [5, 5.41) is 18.5. The van der Waals surface area contributed by atoms with Crippen LogP contribution in [0.25, 0.3) is 22.0 Å². The number of fused-ring (bicyclic) bond motifs is 2. The van der Waals surface area contributed by atoms with Gasteiger partial charge in [0.2, 0.25) is 0 Å². The summed E-state index contributed by atoms with van der Waals surface area (Å²) < 4.78 is 67.1. The summed E-state index contributed by atoms with van der Waals surface area (Å²) in [4.78, 5) is 24.5. The van der Waals surface area contributed by atoms with Crippen LogP contribution in [0.3, 0.4) is 0 Å². The van der Waals surface area contributed by atoms with Crippen molar-refractivity contribution in [2.24, 2.45) is 5.92 Å². The van der Waals surface area contributed by atoms with E-state index in [9.17, 15) is 27.5 Å². The number of aromatic nitrogens is 5. The van der Waals surface area contributed by atoms with E-state index in [4.69, 9.17) is 4.74 Å². The van der Waals surface area contributed by atoms with Crippen LogP contribution in [0.1, 0.15) is 41.4 Å². The lowest BCUT2D eigenvalue weighted by Gasteiger charge is -2.30. The molecule has 0 saturated carbocycles. The summed E-state index contributed by atoms with van der Waals surface area (Å²) in [6.07, 6.45) is 0.230. The van der Waals surface area contributed by atoms with Crippen molar-refractivity contribution in [2.75, 3.05) is 38.2 Å². The number of nitrogens with one attached hydrogen (secondary N) is 1. The summed E-state index contributed by atoms with van der Waals surface area (Å²) in [5.74, 6) is 0.352. The highest BCUT2D eigenvalue weighted by Gasteiger charge is 2.38. The smallest absolute Gasteiger partial charge is 0.417 e. The fraction of sp³-hybridized carbons (Fsp3) is 0.412. The number of likely N-dealkylation sites (tertiary alicyclic amines) is 1. The van der Waals surface area contributed by atoms with E-state index in [1.165, 1.54) is 34.7 Å². The van der Waals surface area contributed by atoms with Crippen LogP contribution < -0.4 is 10.1 Å². The molecular weight excluding hydrogens is 662 g/mol. The Morgan fingerprint density at radius 1 is 1.18 bits per heavy atom. The fourth-order valence-corrected chi connectivity index (χ4v) is 7.29. The van der Waals surface area contributed by atoms with Gasteiger partial charge >= 0.3 is 6.18 Å². The van der Waals surface area contributed by atoms with Gasteiger partial charge in [0, 0.05) is 48.4 Å². The number of aryl methyl sites for hydroxylation is 1. The topological polar surface area (TPSA) is 110 Å². The maximum Gasteiger partial charge on any atom is 0.417 e. The molecule has 1 saturated heterocycles. The molecule has 0 aliphatic carbocycles. The van der Waals surface area contributed by atoms with Crippen LogP contribution in [0, 0.1) is 12.8 Å². The van der Waals surface area contributed by atoms with E-state index in [0.29, 0.717) is 45.8 Å². The molecule has 0 bridgehead atoms. The van der Waals surface area contributed by atoms with Gasteiger partial charge < -0.3 is 14.4 Å². The van der Waals surface area contributed by atoms with Crippen LogP contribution in [0.4, 0.5) is 22.7 Å². The predicted molar refractivity (Wildman–Crippen MR) is 176 cm³/mol. The summed E-state index contributed by atoms with van der Waals surface area (Å²) in [6.45, 7) is 5.03. The predicted octanol–water partition coefficient (Wildman–Crippen LogP) is 5.89. The van der Waals surface area contributed by atoms with Gasteiger partial charge in [-0.2, -0.15) is 18.3 Å². The van der Waals surface area contributed by atoms with Crippen LogP contribution in [0.2, 0.25) is 0 Å². The monoisotopic (exact) mass is 697 g/mol. The summed E-state index contributed by atoms with van der Waals surface area (Å²) in [5.41, 5.74) is 1.30. The second kappa shape index (κ2) is 13.5. The Balaban J connectivity index is 1.20. The van der Waals surface area contributed by atoms with Crippen molar-refractivity contribution in [3.8, 4) is 16.9 Å². The number of imidazole rings is 1. The van der Waals surface area contributed by atoms with E-state index >= 15 is 0 Å². The molecule has 1 fully saturated rings. The number of carbonyl (C=O) groups excluding carboxylic acids is 1. The van der Waals surface area contributed by atoms with Gasteiger partial charge in [-0.1, -0.05) is 12.1 Å². The third-order valence-electron chi connectivity index (χ3n) is 9.40. The average Bonchev–Trinajstić information content (AvgIpc) is 3.89. The molecule has 49 heavy (non-hydrogen) atoms. The van der Waals surface area contributed by atoms with Gasteiger partial charge in [0.05, 0.1) is 29.6 Å². The van der Waals surface area contributed by atoms with Crippen molar-refractivity contribution in [1.82, 2.24) is 29.2 Å². The summed E-state index contributed by atoms with van der Waals surface area (Å²) in [6, 6.07) is 6.75. The van der Waals surface area contributed by atoms with Gasteiger partial charge in [-0.15, -0.1) is 11.3 Å². The normalized spacial score (nSPS) is 17.8. The molecule has 0 spiro atoms. The minimum Gasteiger partial charge on any atom is -0.492 e. The molecule has 10 nitrogen and oxygen atoms in total. The zero-order valence-corrected chi connectivity index (χ0v) is 27.5. The molecule has 5 heterocycles. The largest absolute Gasteiger partial charge is 0.492 e. The lowest BCUT2D eigenvalue weighted by atomic mass is 9.95. The number of rotatable bonds is 10. The molecule has 7 rings (SSSR count). The second-order valence-electron chi connectivity index (χ2n) is 12.6. The highest BCUT2D eigenvalue weighted by atomic mass is 32.1. The first-order valence-electron chi connectivity index (χ1n) is 16.1. The van der Waals surface area contributed by atoms with E-state index in [1.807, 2.05) is 0 Å². The van der Waals surface area contributed by atoms with Crippen LogP contribution in [0.15, 0.2) is 54.4 Å². The molecule has 2 aromatic carbocycles. The number of thiazole rings is 1. The highest BCUT2D eigenvalue weighted by Crippen LogP contribution is 2.41. The number of nitrogens with zero attached hydrogens (tertiary/aromatic N) is 6. The molecule has 15 heteroatoms. The number of carbonyl (C=O) groups is 1. The molecule has 2 atom stereocenters. The SMILES string of the molecule is Cc1c(-c2ccc(OCCN3CCC(CO)CC3)cc2)cc(C(F)(F)F)c2cn(C(C(=O)Nc3nccs3)c3ncn4c3C[C@@H](F)C4)nc12. The molecule has 0 radical (unpaired) electrons. The number of hydrogen-bond acceptors (Lipinski definition) is 8. The third-order valence-corrected chi connectivity index (χ3v) is 10.1. The Labute approximate surface area is 283 Å². The van der Waals surface area contributed by atoms with Crippen molar-refractivity contribution >= 4 is 33.3 Å². The van der Waals surface area contributed by atoms with Crippen LogP contribution in [-0.2, 0) is 23.9 Å². The number of aliphatic hydroxyl groups excluding tert-OH is 1. The Kier molecular flexibility index (Phi) is 9.15. The second-order valence-corrected chi connectivity index (χ2v) is 13.5. The zero-order valence-electron chi connectivity index (χ0n) is 26.7. The van der Waals surface area contributed by atoms with E-state index in [2.05, 4.69) is 25.3 Å². The molecule has 2 aliphatic heterocycles. The first-order valence-corrected chi connectivity index (χ1v) is 17.0. The third kappa shape index (κ3) is 6.79. The van der Waals surface area contributed by atoms with Gasteiger partial charge in [-0.05, 0) is 73.7 Å². The lowest BCUT2D eigenvalue weighted by molar-refractivity contribution is -0.136. The number of amides is 1. The van der Waals surface area contributed by atoms with Crippen molar-refractivity contribution < 1.29 is 32.2 Å². The number of hydrogen-bond donors (Lipinski definition) is 2. The molecule has 3 aromatic heterocycles. The molecule has 1 amide bonds. The first-order chi connectivity index (χ1) is 23.6. The molecule has 5 aromatic rings. The van der Waals surface area contributed by atoms with Crippen molar-refractivity contribution in [3.63, 3.8) is 0 Å². The number of piperidine rings is 1. The average molecular weight is 698 g/mol. The Hall–Kier alpha value is -4.34. The van der Waals surface area contributed by atoms with Crippen LogP contribution >= 0.6 is 11.3 Å². The van der Waals surface area contributed by atoms with Crippen molar-refractivity contribution in [2.45, 2.75) is 51.1 Å². The van der Waals surface area contributed by atoms with Crippen LogP contribution in [-0.4, -0.2) is 79.2 Å². The van der Waals surface area contributed by atoms with E-state index < -0.39 is 29.9 Å². The van der Waals surface area contributed by atoms with Gasteiger partial charge in [-0.25, -0.2) is 14.4 Å². The standard InChI is InChI=1S/C34H35F4N7O3S/c1-20-25(22-2-4-24(5-3-22)48-12-11-43-9-6-21(18-46)7-10-43)15-27(34(36,37)38)26-17-45(42-29(20)26)31(32(47)41-33-39-8-13-49-33)30-28-14-23(35)16-44(28)19-40-30/h2-5,8,13,15,17,19,21,23,31,46H,6-7,9-12,14,16,18H2,1H3,(H,39,41,47)/t23-,31?/m1/s1. The maximum atomic E-state index is 14.6. The minimum absolute atomic E-state index is 0.0249. The number of alkyl halides is 4. The zero-order chi connectivity index (χ0) is 34.3. The van der Waals surface area contributed by atoms with Gasteiger partial charge in [0.1, 0.15) is 18.5 Å². The maximum absolute atomic E-state index is 14.6. The number of halogens is 4. The summed E-state index contributed by atoms with van der Waals surface area (Å²) in [7, 11) is 0. The van der Waals surface area contributed by atoms with Gasteiger partial charge in [-0.3, -0.25) is 19.7 Å². The fourth-order valence-electron chi connectivity index (χ4n) is 6.75. The van der Waals surface area contributed by atoms with E-state index in [1.54, 1.807) is 41.1 Å². The van der Waals surface area contributed by atoms with Gasteiger partial charge in [0.25, 0.3) is 5.91 Å². The van der Waals surface area contributed by atoms with Crippen LogP contribution in [0.5, 0.6) is 5.75 Å². The first kappa shape index (κ1) is 33.2.